The van der Waals surface area contributed by atoms with Gasteiger partial charge in [0.2, 0.25) is 5.95 Å². The largest absolute Gasteiger partial charge is 0.416 e. The fraction of sp³-hybridized carbons (Fsp3) is 0.312. The smallest absolute Gasteiger partial charge is 0.348 e. The maximum absolute atomic E-state index is 12.7. The summed E-state index contributed by atoms with van der Waals surface area (Å²) >= 11 is 0. The van der Waals surface area contributed by atoms with Gasteiger partial charge in [-0.25, -0.2) is 9.97 Å². The van der Waals surface area contributed by atoms with Crippen LogP contribution in [0, 0.1) is 0 Å². The molecule has 0 saturated carbocycles. The molecule has 2 rings (SSSR count). The lowest BCUT2D eigenvalue weighted by molar-refractivity contribution is -0.137. The molecule has 8 heteroatoms. The van der Waals surface area contributed by atoms with E-state index < -0.39 is 11.7 Å². The molecule has 1 aromatic heterocycles. The Morgan fingerprint density at radius 1 is 1.29 bits per heavy atom. The minimum atomic E-state index is -4.43. The topological polar surface area (TPSA) is 66.9 Å². The van der Waals surface area contributed by atoms with Crippen LogP contribution in [0.25, 0.3) is 0 Å². The number of carbonyl (C=O) groups excluding carboxylic acids is 1. The van der Waals surface area contributed by atoms with Crippen LogP contribution in [0.1, 0.15) is 36.3 Å². The third-order valence-corrected chi connectivity index (χ3v) is 3.32. The van der Waals surface area contributed by atoms with Crippen molar-refractivity contribution in [3.8, 4) is 0 Å². The molecular weight excluding hydrogens is 321 g/mol. The van der Waals surface area contributed by atoms with E-state index in [9.17, 15) is 18.0 Å². The Morgan fingerprint density at radius 3 is 2.71 bits per heavy atom. The van der Waals surface area contributed by atoms with Crippen molar-refractivity contribution in [3.63, 3.8) is 0 Å². The van der Waals surface area contributed by atoms with Crippen LogP contribution in [0.5, 0.6) is 0 Å². The molecule has 0 aliphatic carbocycles. The van der Waals surface area contributed by atoms with E-state index in [2.05, 4.69) is 20.6 Å². The van der Waals surface area contributed by atoms with Gasteiger partial charge in [0.05, 0.1) is 5.56 Å². The van der Waals surface area contributed by atoms with Gasteiger partial charge in [-0.1, -0.05) is 13.0 Å². The van der Waals surface area contributed by atoms with Gasteiger partial charge in [-0.05, 0) is 37.6 Å². The Kier molecular flexibility index (Phi) is 5.38. The minimum absolute atomic E-state index is 0.00709. The highest BCUT2D eigenvalue weighted by Crippen LogP contribution is 2.31. The van der Waals surface area contributed by atoms with Gasteiger partial charge >= 0.3 is 6.18 Å². The Labute approximate surface area is 137 Å². The average molecular weight is 338 g/mol. The number of nitrogens with one attached hydrogen (secondary N) is 2. The Morgan fingerprint density at radius 2 is 2.04 bits per heavy atom. The molecule has 2 N–H and O–H groups in total. The third kappa shape index (κ3) is 4.68. The fourth-order valence-electron chi connectivity index (χ4n) is 1.85. The van der Waals surface area contributed by atoms with Crippen LogP contribution >= 0.6 is 0 Å². The molecule has 0 bridgehead atoms. The first kappa shape index (κ1) is 17.7. The van der Waals surface area contributed by atoms with Gasteiger partial charge < -0.3 is 10.6 Å². The normalized spacial score (nSPS) is 12.5. The predicted molar refractivity (Wildman–Crippen MR) is 84.0 cm³/mol. The summed E-state index contributed by atoms with van der Waals surface area (Å²) in [5, 5.41) is 5.44. The van der Waals surface area contributed by atoms with Crippen molar-refractivity contribution in [1.29, 1.82) is 0 Å². The molecule has 128 valence electrons. The van der Waals surface area contributed by atoms with Gasteiger partial charge in [-0.3, -0.25) is 4.79 Å². The lowest BCUT2D eigenvalue weighted by atomic mass is 10.2. The summed E-state index contributed by atoms with van der Waals surface area (Å²) in [6.45, 7) is 3.80. The van der Waals surface area contributed by atoms with Gasteiger partial charge in [-0.2, -0.15) is 13.2 Å². The van der Waals surface area contributed by atoms with Gasteiger partial charge in [-0.15, -0.1) is 0 Å². The van der Waals surface area contributed by atoms with Crippen molar-refractivity contribution < 1.29 is 18.0 Å². The van der Waals surface area contributed by atoms with Crippen molar-refractivity contribution in [2.75, 3.05) is 5.32 Å². The van der Waals surface area contributed by atoms with Crippen molar-refractivity contribution in [1.82, 2.24) is 15.3 Å². The number of nitrogens with zero attached hydrogens (tertiary/aromatic N) is 2. The molecule has 0 radical (unpaired) electrons. The maximum Gasteiger partial charge on any atom is 0.416 e. The second-order valence-electron chi connectivity index (χ2n) is 5.25. The van der Waals surface area contributed by atoms with Crippen LogP contribution in [-0.4, -0.2) is 21.9 Å². The van der Waals surface area contributed by atoms with E-state index in [4.69, 9.17) is 0 Å². The maximum atomic E-state index is 12.7. The SMILES string of the molecule is CCC(C)NC(=O)c1ccnc(Nc2cccc(C(F)(F)F)c2)n1. The molecule has 0 aliphatic rings. The number of carbonyl (C=O) groups is 1. The number of amides is 1. The molecule has 0 spiro atoms. The van der Waals surface area contributed by atoms with Crippen molar-refractivity contribution in [2.45, 2.75) is 32.5 Å². The first-order valence-electron chi connectivity index (χ1n) is 7.37. The summed E-state index contributed by atoms with van der Waals surface area (Å²) in [6.07, 6.45) is -2.29. The summed E-state index contributed by atoms with van der Waals surface area (Å²) < 4.78 is 38.2. The Bertz CT molecular complexity index is 718. The van der Waals surface area contributed by atoms with E-state index in [1.54, 1.807) is 0 Å². The molecule has 24 heavy (non-hydrogen) atoms. The monoisotopic (exact) mass is 338 g/mol. The number of benzene rings is 1. The highest BCUT2D eigenvalue weighted by atomic mass is 19.4. The molecule has 0 fully saturated rings. The van der Waals surface area contributed by atoms with Crippen LogP contribution in [0.2, 0.25) is 0 Å². The average Bonchev–Trinajstić information content (AvgIpc) is 2.54. The number of halogens is 3. The molecule has 1 heterocycles. The number of hydrogen-bond donors (Lipinski definition) is 2. The zero-order valence-corrected chi connectivity index (χ0v) is 13.2. The van der Waals surface area contributed by atoms with E-state index >= 15 is 0 Å². The second kappa shape index (κ2) is 7.29. The van der Waals surface area contributed by atoms with Gasteiger partial charge in [0.25, 0.3) is 5.91 Å². The quantitative estimate of drug-likeness (QED) is 0.871. The molecule has 2 aromatic rings. The van der Waals surface area contributed by atoms with E-state index in [-0.39, 0.29) is 29.3 Å². The highest BCUT2D eigenvalue weighted by Gasteiger charge is 2.30. The molecule has 1 unspecified atom stereocenters. The van der Waals surface area contributed by atoms with Crippen LogP contribution in [-0.2, 0) is 6.18 Å². The number of alkyl halides is 3. The van der Waals surface area contributed by atoms with Crippen LogP contribution < -0.4 is 10.6 Å². The molecule has 1 atom stereocenters. The van der Waals surface area contributed by atoms with Crippen LogP contribution in [0.3, 0.4) is 0 Å². The lowest BCUT2D eigenvalue weighted by Crippen LogP contribution is -2.32. The first-order valence-corrected chi connectivity index (χ1v) is 7.37. The van der Waals surface area contributed by atoms with Gasteiger partial charge in [0, 0.05) is 17.9 Å². The standard InChI is InChI=1S/C16H17F3N4O/c1-3-10(2)21-14(24)13-7-8-20-15(23-13)22-12-6-4-5-11(9-12)16(17,18)19/h4-10H,3H2,1-2H3,(H,21,24)(H,20,22,23). The van der Waals surface area contributed by atoms with Gasteiger partial charge in [0.15, 0.2) is 0 Å². The Balaban J connectivity index is 2.17. The van der Waals surface area contributed by atoms with E-state index in [0.717, 1.165) is 18.6 Å². The summed E-state index contributed by atoms with van der Waals surface area (Å²) in [7, 11) is 0. The molecule has 1 amide bonds. The van der Waals surface area contributed by atoms with E-state index in [1.807, 2.05) is 13.8 Å². The Hall–Kier alpha value is -2.64. The summed E-state index contributed by atoms with van der Waals surface area (Å²) in [4.78, 5) is 20.0. The molecule has 0 saturated heterocycles. The second-order valence-corrected chi connectivity index (χ2v) is 5.25. The minimum Gasteiger partial charge on any atom is -0.348 e. The number of aromatic nitrogens is 2. The zero-order chi connectivity index (χ0) is 17.7. The highest BCUT2D eigenvalue weighted by molar-refractivity contribution is 5.92. The first-order chi connectivity index (χ1) is 11.3. The summed E-state index contributed by atoms with van der Waals surface area (Å²) in [5.74, 6) is -0.315. The van der Waals surface area contributed by atoms with E-state index in [1.165, 1.54) is 24.4 Å². The molecule has 5 nitrogen and oxygen atoms in total. The number of rotatable bonds is 5. The zero-order valence-electron chi connectivity index (χ0n) is 13.2. The summed E-state index contributed by atoms with van der Waals surface area (Å²) in [6, 6.07) is 6.11. The number of anilines is 2. The molecule has 1 aromatic carbocycles. The van der Waals surface area contributed by atoms with Crippen molar-refractivity contribution >= 4 is 17.5 Å². The van der Waals surface area contributed by atoms with Crippen LogP contribution in [0.15, 0.2) is 36.5 Å². The van der Waals surface area contributed by atoms with E-state index in [0.29, 0.717) is 0 Å². The molecular formula is C16H17F3N4O. The predicted octanol–water partition coefficient (Wildman–Crippen LogP) is 3.77. The lowest BCUT2D eigenvalue weighted by Gasteiger charge is -2.12. The fourth-order valence-corrected chi connectivity index (χ4v) is 1.85. The summed E-state index contributed by atoms with van der Waals surface area (Å²) in [5.41, 5.74) is -0.456. The third-order valence-electron chi connectivity index (χ3n) is 3.32. The van der Waals surface area contributed by atoms with Gasteiger partial charge in [0.1, 0.15) is 5.69 Å². The van der Waals surface area contributed by atoms with Crippen molar-refractivity contribution in [3.05, 3.63) is 47.8 Å². The molecule has 0 aliphatic heterocycles. The van der Waals surface area contributed by atoms with Crippen LogP contribution in [0.4, 0.5) is 24.8 Å². The number of hydrogen-bond acceptors (Lipinski definition) is 4. The van der Waals surface area contributed by atoms with Crippen molar-refractivity contribution in [2.24, 2.45) is 0 Å².